The van der Waals surface area contributed by atoms with Crippen molar-refractivity contribution in [1.29, 1.82) is 0 Å². The average Bonchev–Trinajstić information content (AvgIpc) is 2.96. The highest BCUT2D eigenvalue weighted by atomic mass is 16.5. The molecule has 0 aliphatic heterocycles. The van der Waals surface area contributed by atoms with Crippen molar-refractivity contribution in [3.8, 4) is 0 Å². The molecule has 1 N–H and O–H groups in total. The van der Waals surface area contributed by atoms with Gasteiger partial charge >= 0.3 is 5.97 Å². The average molecular weight is 391 g/mol. The van der Waals surface area contributed by atoms with Gasteiger partial charge in [0.25, 0.3) is 0 Å². The van der Waals surface area contributed by atoms with Gasteiger partial charge < -0.3 is 9.84 Å². The third-order valence-corrected chi connectivity index (χ3v) is 9.22. The Morgan fingerprint density at radius 3 is 2.61 bits per heavy atom. The predicted octanol–water partition coefficient (Wildman–Crippen LogP) is 3.32. The molecule has 0 saturated heterocycles. The summed E-state index contributed by atoms with van der Waals surface area (Å²) in [5.41, 5.74) is -0.178. The minimum Gasteiger partial charge on any atom is -0.458 e. The van der Waals surface area contributed by atoms with Crippen molar-refractivity contribution in [2.45, 2.75) is 78.2 Å². The molecule has 4 fully saturated rings. The standard InChI is InChI=1S/C23H34O5/c1-13(24)28-12-20(27)18-7-6-17-16-5-4-14-10-15(25)8-9-22(14,2)21(16)19(26)11-23(17,18)3/h14,16-19,21,26H,4-12H2,1-3H3/t14-,16-,17-,18+,19-,21+,22-,23-/m0/s1. The van der Waals surface area contributed by atoms with Crippen LogP contribution in [0.4, 0.5) is 0 Å². The van der Waals surface area contributed by atoms with E-state index in [9.17, 15) is 19.5 Å². The maximum absolute atomic E-state index is 12.8. The van der Waals surface area contributed by atoms with E-state index in [4.69, 9.17) is 4.74 Å². The van der Waals surface area contributed by atoms with Crippen molar-refractivity contribution in [2.24, 2.45) is 40.4 Å². The lowest BCUT2D eigenvalue weighted by Gasteiger charge is -2.61. The summed E-state index contributed by atoms with van der Waals surface area (Å²) < 4.78 is 4.99. The second-order valence-electron chi connectivity index (χ2n) is 10.5. The number of carbonyl (C=O) groups excluding carboxylic acids is 3. The molecule has 0 aromatic carbocycles. The zero-order valence-electron chi connectivity index (χ0n) is 17.4. The van der Waals surface area contributed by atoms with Gasteiger partial charge in [0.2, 0.25) is 0 Å². The van der Waals surface area contributed by atoms with Gasteiger partial charge in [0, 0.05) is 25.7 Å². The fourth-order valence-electron chi connectivity index (χ4n) is 7.97. The van der Waals surface area contributed by atoms with Crippen LogP contribution in [-0.2, 0) is 19.1 Å². The first-order valence-corrected chi connectivity index (χ1v) is 11.0. The van der Waals surface area contributed by atoms with Crippen LogP contribution >= 0.6 is 0 Å². The lowest BCUT2D eigenvalue weighted by molar-refractivity contribution is -0.175. The minimum absolute atomic E-state index is 0.00834. The molecule has 0 aromatic heterocycles. The number of carbonyl (C=O) groups is 3. The van der Waals surface area contributed by atoms with E-state index in [1.54, 1.807) is 0 Å². The molecule has 0 amide bonds. The Bertz CT molecular complexity index is 686. The number of ketones is 2. The van der Waals surface area contributed by atoms with Crippen LogP contribution in [-0.4, -0.2) is 35.4 Å². The second-order valence-corrected chi connectivity index (χ2v) is 10.5. The van der Waals surface area contributed by atoms with E-state index in [0.29, 0.717) is 42.8 Å². The molecular formula is C23H34O5. The van der Waals surface area contributed by atoms with Crippen LogP contribution in [0.25, 0.3) is 0 Å². The topological polar surface area (TPSA) is 80.7 Å². The van der Waals surface area contributed by atoms with Crippen LogP contribution in [0, 0.1) is 40.4 Å². The fraction of sp³-hybridized carbons (Fsp3) is 0.870. The van der Waals surface area contributed by atoms with Gasteiger partial charge in [-0.2, -0.15) is 0 Å². The molecule has 0 radical (unpaired) electrons. The third-order valence-electron chi connectivity index (χ3n) is 9.22. The fourth-order valence-corrected chi connectivity index (χ4v) is 7.97. The summed E-state index contributed by atoms with van der Waals surface area (Å²) in [6.07, 6.45) is 6.41. The second kappa shape index (κ2) is 6.93. The molecule has 4 saturated carbocycles. The molecule has 28 heavy (non-hydrogen) atoms. The highest BCUT2D eigenvalue weighted by Crippen LogP contribution is 2.67. The van der Waals surface area contributed by atoms with Crippen LogP contribution in [0.2, 0.25) is 0 Å². The van der Waals surface area contributed by atoms with Crippen molar-refractivity contribution < 1.29 is 24.2 Å². The molecule has 4 aliphatic carbocycles. The van der Waals surface area contributed by atoms with Gasteiger partial charge in [0.05, 0.1) is 6.10 Å². The van der Waals surface area contributed by atoms with Crippen LogP contribution in [0.1, 0.15) is 72.1 Å². The molecule has 0 unspecified atom stereocenters. The van der Waals surface area contributed by atoms with Gasteiger partial charge in [-0.05, 0) is 73.0 Å². The lowest BCUT2D eigenvalue weighted by atomic mass is 9.44. The van der Waals surface area contributed by atoms with Gasteiger partial charge in [-0.25, -0.2) is 0 Å². The van der Waals surface area contributed by atoms with Crippen LogP contribution in [0.15, 0.2) is 0 Å². The van der Waals surface area contributed by atoms with Crippen LogP contribution < -0.4 is 0 Å². The van der Waals surface area contributed by atoms with E-state index in [2.05, 4.69) is 13.8 Å². The van der Waals surface area contributed by atoms with Gasteiger partial charge in [0.15, 0.2) is 5.78 Å². The molecule has 8 atom stereocenters. The van der Waals surface area contributed by atoms with Crippen molar-refractivity contribution in [1.82, 2.24) is 0 Å². The monoisotopic (exact) mass is 390 g/mol. The zero-order valence-corrected chi connectivity index (χ0v) is 17.4. The number of Topliss-reactive ketones (excluding diaryl/α,β-unsaturated/α-hetero) is 2. The van der Waals surface area contributed by atoms with Gasteiger partial charge in [-0.1, -0.05) is 13.8 Å². The molecule has 0 spiro atoms. The number of ether oxygens (including phenoxy) is 1. The number of rotatable bonds is 3. The van der Waals surface area contributed by atoms with Crippen LogP contribution in [0.5, 0.6) is 0 Å². The molecule has 0 bridgehead atoms. The first-order chi connectivity index (χ1) is 13.2. The Kier molecular flexibility index (Phi) is 4.96. The number of hydrogen-bond acceptors (Lipinski definition) is 5. The van der Waals surface area contributed by atoms with Gasteiger partial charge in [-0.3, -0.25) is 14.4 Å². The smallest absolute Gasteiger partial charge is 0.303 e. The van der Waals surface area contributed by atoms with Crippen LogP contribution in [0.3, 0.4) is 0 Å². The van der Waals surface area contributed by atoms with E-state index in [0.717, 1.165) is 32.1 Å². The van der Waals surface area contributed by atoms with E-state index >= 15 is 0 Å². The summed E-state index contributed by atoms with van der Waals surface area (Å²) in [5, 5.41) is 11.3. The van der Waals surface area contributed by atoms with Crippen molar-refractivity contribution in [2.75, 3.05) is 6.61 Å². The predicted molar refractivity (Wildman–Crippen MR) is 103 cm³/mol. The maximum Gasteiger partial charge on any atom is 0.303 e. The summed E-state index contributed by atoms with van der Waals surface area (Å²) in [6, 6.07) is 0. The summed E-state index contributed by atoms with van der Waals surface area (Å²) in [5.74, 6) is 1.33. The molecule has 4 aliphatic rings. The molecule has 156 valence electrons. The van der Waals surface area contributed by atoms with Crippen molar-refractivity contribution in [3.05, 3.63) is 0 Å². The van der Waals surface area contributed by atoms with Gasteiger partial charge in [-0.15, -0.1) is 0 Å². The van der Waals surface area contributed by atoms with E-state index in [-0.39, 0.29) is 35.1 Å². The quantitative estimate of drug-likeness (QED) is 0.748. The molecular weight excluding hydrogens is 356 g/mol. The number of aliphatic hydroxyl groups is 1. The highest BCUT2D eigenvalue weighted by Gasteiger charge is 2.63. The minimum atomic E-state index is -0.422. The number of fused-ring (bicyclic) bond motifs is 5. The van der Waals surface area contributed by atoms with E-state index < -0.39 is 12.1 Å². The molecule has 5 heteroatoms. The zero-order chi connectivity index (χ0) is 20.3. The first-order valence-electron chi connectivity index (χ1n) is 11.0. The van der Waals surface area contributed by atoms with Crippen molar-refractivity contribution in [3.63, 3.8) is 0 Å². The summed E-state index contributed by atoms with van der Waals surface area (Å²) in [7, 11) is 0. The summed E-state index contributed by atoms with van der Waals surface area (Å²) in [6.45, 7) is 5.67. The number of esters is 1. The Morgan fingerprint density at radius 2 is 1.89 bits per heavy atom. The van der Waals surface area contributed by atoms with E-state index in [1.165, 1.54) is 6.92 Å². The van der Waals surface area contributed by atoms with Gasteiger partial charge in [0.1, 0.15) is 12.4 Å². The molecule has 5 nitrogen and oxygen atoms in total. The Morgan fingerprint density at radius 1 is 1.14 bits per heavy atom. The normalized spacial score (nSPS) is 47.6. The highest BCUT2D eigenvalue weighted by molar-refractivity contribution is 5.85. The largest absolute Gasteiger partial charge is 0.458 e. The van der Waals surface area contributed by atoms with Crippen molar-refractivity contribution >= 4 is 17.5 Å². The Labute approximate surface area is 167 Å². The molecule has 4 rings (SSSR count). The molecule has 0 heterocycles. The Balaban J connectivity index is 1.58. The number of hydrogen-bond donors (Lipinski definition) is 1. The SMILES string of the molecule is CC(=O)OCC(=O)[C@H]1CC[C@H]2[C@@H]3CC[C@H]4CC(=O)CC[C@]4(C)[C@H]3[C@@H](O)C[C@]12C. The summed E-state index contributed by atoms with van der Waals surface area (Å²) in [4.78, 5) is 36.0. The van der Waals surface area contributed by atoms with E-state index in [1.807, 2.05) is 0 Å². The third kappa shape index (κ3) is 2.96. The summed E-state index contributed by atoms with van der Waals surface area (Å²) >= 11 is 0. The molecule has 0 aromatic rings. The maximum atomic E-state index is 12.8. The Hall–Kier alpha value is -1.23. The lowest BCUT2D eigenvalue weighted by Crippen LogP contribution is -2.59. The first kappa shape index (κ1) is 20.1. The number of aliphatic hydroxyl groups excluding tert-OH is 1.